The van der Waals surface area contributed by atoms with Crippen molar-refractivity contribution in [2.24, 2.45) is 0 Å². The molecule has 0 saturated carbocycles. The van der Waals surface area contributed by atoms with Gasteiger partial charge in [-0.1, -0.05) is 18.2 Å². The van der Waals surface area contributed by atoms with Crippen LogP contribution in [0.4, 0.5) is 0 Å². The van der Waals surface area contributed by atoms with E-state index in [2.05, 4.69) is 40.3 Å². The van der Waals surface area contributed by atoms with Crippen LogP contribution in [0.5, 0.6) is 0 Å². The molecule has 3 heteroatoms. The van der Waals surface area contributed by atoms with Gasteiger partial charge < -0.3 is 9.72 Å². The van der Waals surface area contributed by atoms with E-state index in [9.17, 15) is 0 Å². The Morgan fingerprint density at radius 3 is 3.16 bits per heavy atom. The van der Waals surface area contributed by atoms with E-state index in [0.717, 1.165) is 19.6 Å². The molecule has 1 atom stereocenters. The number of methoxy groups -OCH3 is 1. The molecule has 3 rings (SSSR count). The molecule has 2 aromatic rings. The third-order valence-corrected chi connectivity index (χ3v) is 4.20. The first kappa shape index (κ1) is 12.7. The Bertz CT molecular complexity index is 534. The number of likely N-dealkylation sites (tertiary alicyclic amines) is 1. The molecule has 1 fully saturated rings. The number of nitrogens with one attached hydrogen (secondary N) is 1. The molecule has 1 aromatic carbocycles. The average Bonchev–Trinajstić information content (AvgIpc) is 3.04. The zero-order valence-electron chi connectivity index (χ0n) is 11.6. The lowest BCUT2D eigenvalue weighted by molar-refractivity contribution is 0.116. The Morgan fingerprint density at radius 1 is 1.37 bits per heavy atom. The minimum atomic E-state index is 0.621. The van der Waals surface area contributed by atoms with Gasteiger partial charge >= 0.3 is 0 Å². The Hall–Kier alpha value is -1.32. The summed E-state index contributed by atoms with van der Waals surface area (Å²) in [6.07, 6.45) is 5.86. The van der Waals surface area contributed by atoms with Gasteiger partial charge in [0.05, 0.1) is 6.61 Å². The Balaban J connectivity index is 1.65. The summed E-state index contributed by atoms with van der Waals surface area (Å²) in [6.45, 7) is 3.22. The van der Waals surface area contributed by atoms with Gasteiger partial charge in [-0.15, -0.1) is 0 Å². The third kappa shape index (κ3) is 2.67. The van der Waals surface area contributed by atoms with Crippen molar-refractivity contribution in [1.29, 1.82) is 0 Å². The topological polar surface area (TPSA) is 28.3 Å². The van der Waals surface area contributed by atoms with Crippen molar-refractivity contribution in [3.8, 4) is 0 Å². The Morgan fingerprint density at radius 2 is 2.26 bits per heavy atom. The number of hydrogen-bond acceptors (Lipinski definition) is 2. The molecule has 1 aliphatic heterocycles. The molecule has 1 aromatic heterocycles. The Kier molecular flexibility index (Phi) is 3.85. The van der Waals surface area contributed by atoms with Crippen LogP contribution in [0.2, 0.25) is 0 Å². The van der Waals surface area contributed by atoms with E-state index in [1.54, 1.807) is 7.11 Å². The predicted octanol–water partition coefficient (Wildman–Crippen LogP) is 2.82. The molecule has 2 heterocycles. The van der Waals surface area contributed by atoms with Gasteiger partial charge in [0.1, 0.15) is 0 Å². The van der Waals surface area contributed by atoms with Crippen molar-refractivity contribution < 1.29 is 4.74 Å². The number of benzene rings is 1. The fraction of sp³-hybridized carbons (Fsp3) is 0.500. The molecule has 1 aliphatic rings. The summed E-state index contributed by atoms with van der Waals surface area (Å²) in [6, 6.07) is 9.16. The molecule has 0 radical (unpaired) electrons. The number of H-pyrrole nitrogens is 1. The first-order valence-corrected chi connectivity index (χ1v) is 7.16. The third-order valence-electron chi connectivity index (χ3n) is 4.20. The maximum atomic E-state index is 5.32. The van der Waals surface area contributed by atoms with Crippen LogP contribution in [0.1, 0.15) is 18.4 Å². The van der Waals surface area contributed by atoms with Crippen LogP contribution < -0.4 is 0 Å². The molecule has 0 bridgehead atoms. The highest BCUT2D eigenvalue weighted by atomic mass is 16.5. The summed E-state index contributed by atoms with van der Waals surface area (Å²) in [5.41, 5.74) is 2.67. The number of rotatable bonds is 5. The van der Waals surface area contributed by atoms with Crippen molar-refractivity contribution in [2.75, 3.05) is 26.8 Å². The molecular formula is C16H22N2O. The lowest BCUT2D eigenvalue weighted by Crippen LogP contribution is -2.34. The lowest BCUT2D eigenvalue weighted by atomic mass is 10.1. The van der Waals surface area contributed by atoms with Crippen LogP contribution in [0.25, 0.3) is 10.9 Å². The predicted molar refractivity (Wildman–Crippen MR) is 78.5 cm³/mol. The fourth-order valence-electron chi connectivity index (χ4n) is 3.17. The van der Waals surface area contributed by atoms with E-state index >= 15 is 0 Å². The summed E-state index contributed by atoms with van der Waals surface area (Å²) in [5.74, 6) is 0. The molecule has 102 valence electrons. The van der Waals surface area contributed by atoms with Crippen LogP contribution in [0.15, 0.2) is 30.5 Å². The fourth-order valence-corrected chi connectivity index (χ4v) is 3.17. The largest absolute Gasteiger partial charge is 0.383 e. The first-order valence-electron chi connectivity index (χ1n) is 7.16. The maximum absolute atomic E-state index is 5.32. The number of nitrogens with zero attached hydrogens (tertiary/aromatic N) is 1. The van der Waals surface area contributed by atoms with Crippen LogP contribution >= 0.6 is 0 Å². The van der Waals surface area contributed by atoms with Crippen molar-refractivity contribution in [2.45, 2.75) is 25.3 Å². The van der Waals surface area contributed by atoms with E-state index < -0.39 is 0 Å². The molecule has 0 aliphatic carbocycles. The zero-order chi connectivity index (χ0) is 13.1. The number of aromatic nitrogens is 1. The summed E-state index contributed by atoms with van der Waals surface area (Å²) in [4.78, 5) is 5.93. The summed E-state index contributed by atoms with van der Waals surface area (Å²) in [5, 5.41) is 1.37. The van der Waals surface area contributed by atoms with Gasteiger partial charge in [0.2, 0.25) is 0 Å². The van der Waals surface area contributed by atoms with E-state index in [4.69, 9.17) is 4.74 Å². The SMILES string of the molecule is COCC1CCCN1CCc1c[nH]c2ccccc12. The number of ether oxygens (including phenoxy) is 1. The van der Waals surface area contributed by atoms with Crippen molar-refractivity contribution >= 4 is 10.9 Å². The number of para-hydroxylation sites is 1. The van der Waals surface area contributed by atoms with E-state index in [1.165, 1.54) is 35.9 Å². The zero-order valence-corrected chi connectivity index (χ0v) is 11.6. The second-order valence-corrected chi connectivity index (χ2v) is 5.40. The van der Waals surface area contributed by atoms with E-state index in [1.807, 2.05) is 0 Å². The molecule has 3 nitrogen and oxygen atoms in total. The average molecular weight is 258 g/mol. The van der Waals surface area contributed by atoms with E-state index in [-0.39, 0.29) is 0 Å². The monoisotopic (exact) mass is 258 g/mol. The van der Waals surface area contributed by atoms with Gasteiger partial charge in [0, 0.05) is 36.8 Å². The molecule has 0 amide bonds. The quantitative estimate of drug-likeness (QED) is 0.893. The summed E-state index contributed by atoms with van der Waals surface area (Å²) >= 11 is 0. The molecule has 0 spiro atoms. The van der Waals surface area contributed by atoms with Crippen molar-refractivity contribution in [3.05, 3.63) is 36.0 Å². The molecule has 19 heavy (non-hydrogen) atoms. The van der Waals surface area contributed by atoms with Crippen LogP contribution in [-0.4, -0.2) is 42.7 Å². The van der Waals surface area contributed by atoms with Crippen molar-refractivity contribution in [3.63, 3.8) is 0 Å². The highest BCUT2D eigenvalue weighted by Gasteiger charge is 2.23. The normalized spacial score (nSPS) is 20.4. The van der Waals surface area contributed by atoms with Gasteiger partial charge in [0.15, 0.2) is 0 Å². The van der Waals surface area contributed by atoms with E-state index in [0.29, 0.717) is 6.04 Å². The second-order valence-electron chi connectivity index (χ2n) is 5.40. The first-order chi connectivity index (χ1) is 9.38. The van der Waals surface area contributed by atoms with Crippen molar-refractivity contribution in [1.82, 2.24) is 9.88 Å². The van der Waals surface area contributed by atoms with Crippen LogP contribution in [0, 0.1) is 0 Å². The van der Waals surface area contributed by atoms with Gasteiger partial charge in [-0.25, -0.2) is 0 Å². The molecule has 1 saturated heterocycles. The smallest absolute Gasteiger partial charge is 0.0618 e. The Labute approximate surface area is 114 Å². The maximum Gasteiger partial charge on any atom is 0.0618 e. The molecule has 1 N–H and O–H groups in total. The number of fused-ring (bicyclic) bond motifs is 1. The highest BCUT2D eigenvalue weighted by molar-refractivity contribution is 5.83. The van der Waals surface area contributed by atoms with Crippen LogP contribution in [-0.2, 0) is 11.2 Å². The van der Waals surface area contributed by atoms with Gasteiger partial charge in [-0.05, 0) is 37.4 Å². The molecule has 1 unspecified atom stereocenters. The second kappa shape index (κ2) is 5.76. The summed E-state index contributed by atoms with van der Waals surface area (Å²) < 4.78 is 5.32. The standard InChI is InChI=1S/C16H22N2O/c1-19-12-14-5-4-9-18(14)10-8-13-11-17-16-7-3-2-6-15(13)16/h2-3,6-7,11,14,17H,4-5,8-10,12H2,1H3. The lowest BCUT2D eigenvalue weighted by Gasteiger charge is -2.23. The van der Waals surface area contributed by atoms with Gasteiger partial charge in [-0.2, -0.15) is 0 Å². The minimum Gasteiger partial charge on any atom is -0.383 e. The van der Waals surface area contributed by atoms with Gasteiger partial charge in [0.25, 0.3) is 0 Å². The highest BCUT2D eigenvalue weighted by Crippen LogP contribution is 2.21. The minimum absolute atomic E-state index is 0.621. The van der Waals surface area contributed by atoms with Crippen LogP contribution in [0.3, 0.4) is 0 Å². The number of aromatic amines is 1. The summed E-state index contributed by atoms with van der Waals surface area (Å²) in [7, 11) is 1.80. The number of hydrogen-bond donors (Lipinski definition) is 1. The molecular weight excluding hydrogens is 236 g/mol. The van der Waals surface area contributed by atoms with Gasteiger partial charge in [-0.3, -0.25) is 4.90 Å².